The van der Waals surface area contributed by atoms with Crippen molar-refractivity contribution in [3.8, 4) is 5.75 Å². The summed E-state index contributed by atoms with van der Waals surface area (Å²) in [5.74, 6) is -7.74. The Morgan fingerprint density at radius 1 is 0.825 bits per heavy atom. The van der Waals surface area contributed by atoms with E-state index in [1.165, 1.54) is 6.92 Å². The molecule has 3 nitrogen and oxygen atoms in total. The first-order chi connectivity index (χ1) is 19.1. The van der Waals surface area contributed by atoms with E-state index in [4.69, 9.17) is 9.47 Å². The number of ether oxygens (including phenoxy) is 2. The summed E-state index contributed by atoms with van der Waals surface area (Å²) in [6.45, 7) is 7.83. The number of rotatable bonds is 9. The van der Waals surface area contributed by atoms with Crippen molar-refractivity contribution in [1.29, 1.82) is 0 Å². The minimum Gasteiger partial charge on any atom is -0.481 e. The molecule has 0 aliphatic heterocycles. The van der Waals surface area contributed by atoms with Crippen LogP contribution in [0.4, 0.5) is 17.6 Å². The number of carbonyl (C=O) groups excluding carboxylic acids is 1. The van der Waals surface area contributed by atoms with E-state index in [9.17, 15) is 22.4 Å². The van der Waals surface area contributed by atoms with Crippen molar-refractivity contribution in [3.63, 3.8) is 0 Å². The fourth-order valence-corrected chi connectivity index (χ4v) is 6.58. The molecule has 0 saturated carbocycles. The zero-order valence-electron chi connectivity index (χ0n) is 22.1. The average Bonchev–Trinajstić information content (AvgIpc) is 2.94. The van der Waals surface area contributed by atoms with E-state index in [1.54, 1.807) is 0 Å². The summed E-state index contributed by atoms with van der Waals surface area (Å²) in [7, 11) is -0.382. The molecule has 4 aromatic carbocycles. The monoisotopic (exact) mass is 567 g/mol. The molecule has 4 aromatic rings. The Labute approximate surface area is 233 Å². The van der Waals surface area contributed by atoms with Gasteiger partial charge in [0, 0.05) is 17.7 Å². The molecule has 0 amide bonds. The Morgan fingerprint density at radius 2 is 1.35 bits per heavy atom. The molecule has 0 bridgehead atoms. The van der Waals surface area contributed by atoms with E-state index in [0.29, 0.717) is 11.8 Å². The van der Waals surface area contributed by atoms with E-state index < -0.39 is 47.0 Å². The van der Waals surface area contributed by atoms with Crippen LogP contribution in [0, 0.1) is 37.1 Å². The minimum absolute atomic E-state index is 0.382. The Balaban J connectivity index is 1.56. The maximum absolute atomic E-state index is 14.4. The fourth-order valence-electron chi connectivity index (χ4n) is 4.32. The van der Waals surface area contributed by atoms with E-state index in [-0.39, 0.29) is 10.9 Å². The Morgan fingerprint density at radius 3 is 1.85 bits per heavy atom. The van der Waals surface area contributed by atoms with Gasteiger partial charge >= 0.3 is 5.97 Å². The fraction of sp³-hybridized carbons (Fsp3) is 0.156. The first-order valence-corrected chi connectivity index (χ1v) is 13.6. The molecule has 0 aromatic heterocycles. The quantitative estimate of drug-likeness (QED) is 0.0514. The first-order valence-electron chi connectivity index (χ1n) is 12.3. The SMILES string of the molecule is C=CC(C)(OC(=O)COc1c(C)cc([S+](c2ccccc2)c2ccccc2)cc1C)c1cc(F)c(F)c(F)c1F. The van der Waals surface area contributed by atoms with Crippen LogP contribution in [0.25, 0.3) is 0 Å². The molecule has 0 heterocycles. The number of aryl methyl sites for hydroxylation is 2. The summed E-state index contributed by atoms with van der Waals surface area (Å²) >= 11 is 0. The van der Waals surface area contributed by atoms with Gasteiger partial charge in [0.2, 0.25) is 0 Å². The van der Waals surface area contributed by atoms with Gasteiger partial charge in [-0.05, 0) is 68.3 Å². The molecule has 0 N–H and O–H groups in total. The van der Waals surface area contributed by atoms with Gasteiger partial charge in [-0.2, -0.15) is 0 Å². The molecule has 0 spiro atoms. The molecule has 40 heavy (non-hydrogen) atoms. The topological polar surface area (TPSA) is 35.5 Å². The lowest BCUT2D eigenvalue weighted by molar-refractivity contribution is -0.157. The Bertz CT molecular complexity index is 1480. The number of benzene rings is 4. The molecule has 8 heteroatoms. The standard InChI is InChI=1S/C32H27F4O3S/c1-5-32(4,25-18-26(33)29(35)30(36)28(25)34)39-27(37)19-38-31-20(2)16-24(17-21(31)3)40(22-12-8-6-9-13-22)23-14-10-7-11-15-23/h5-18H,1,19H2,2-4H3/q+1. The van der Waals surface area contributed by atoms with Gasteiger partial charge in [0.1, 0.15) is 5.75 Å². The summed E-state index contributed by atoms with van der Waals surface area (Å²) < 4.78 is 66.6. The third-order valence-electron chi connectivity index (χ3n) is 6.31. The van der Waals surface area contributed by atoms with Gasteiger partial charge in [-0.15, -0.1) is 0 Å². The Kier molecular flexibility index (Phi) is 8.69. The number of hydrogen-bond donors (Lipinski definition) is 0. The molecular weight excluding hydrogens is 540 g/mol. The normalized spacial score (nSPS) is 12.6. The predicted octanol–water partition coefficient (Wildman–Crippen LogP) is 7.98. The predicted molar refractivity (Wildman–Crippen MR) is 146 cm³/mol. The third kappa shape index (κ3) is 5.92. The zero-order valence-corrected chi connectivity index (χ0v) is 23.0. The molecule has 0 fully saturated rings. The van der Waals surface area contributed by atoms with Crippen molar-refractivity contribution in [3.05, 3.63) is 131 Å². The highest BCUT2D eigenvalue weighted by Crippen LogP contribution is 2.36. The van der Waals surface area contributed by atoms with Crippen molar-refractivity contribution in [2.45, 2.75) is 41.1 Å². The second-order valence-electron chi connectivity index (χ2n) is 9.24. The van der Waals surface area contributed by atoms with Gasteiger partial charge in [-0.25, -0.2) is 22.4 Å². The molecule has 0 aliphatic carbocycles. The number of esters is 1. The maximum Gasteiger partial charge on any atom is 0.345 e. The van der Waals surface area contributed by atoms with Crippen molar-refractivity contribution >= 4 is 16.9 Å². The van der Waals surface area contributed by atoms with Crippen molar-refractivity contribution in [1.82, 2.24) is 0 Å². The van der Waals surface area contributed by atoms with Crippen LogP contribution < -0.4 is 4.74 Å². The van der Waals surface area contributed by atoms with Crippen LogP contribution in [0.3, 0.4) is 0 Å². The van der Waals surface area contributed by atoms with E-state index >= 15 is 0 Å². The number of halogens is 4. The van der Waals surface area contributed by atoms with Gasteiger partial charge in [0.25, 0.3) is 0 Å². The lowest BCUT2D eigenvalue weighted by Crippen LogP contribution is -2.31. The largest absolute Gasteiger partial charge is 0.481 e. The molecule has 0 saturated heterocycles. The van der Waals surface area contributed by atoms with Gasteiger partial charge in [0.15, 0.2) is 50.2 Å². The molecular formula is C32H27F4O3S+. The molecule has 0 aliphatic rings. The highest BCUT2D eigenvalue weighted by Gasteiger charge is 2.35. The van der Waals surface area contributed by atoms with Gasteiger partial charge < -0.3 is 9.47 Å². The van der Waals surface area contributed by atoms with Gasteiger partial charge in [-0.1, -0.05) is 43.0 Å². The van der Waals surface area contributed by atoms with Crippen LogP contribution in [0.15, 0.2) is 106 Å². The second kappa shape index (κ2) is 12.0. The van der Waals surface area contributed by atoms with E-state index in [2.05, 4.69) is 30.8 Å². The molecule has 4 rings (SSSR count). The highest BCUT2D eigenvalue weighted by atomic mass is 32.2. The van der Waals surface area contributed by atoms with Crippen LogP contribution in [0.2, 0.25) is 0 Å². The summed E-state index contributed by atoms with van der Waals surface area (Å²) in [5, 5.41) is 0. The number of carbonyl (C=O) groups is 1. The van der Waals surface area contributed by atoms with Crippen LogP contribution in [0.1, 0.15) is 23.6 Å². The number of hydrogen-bond acceptors (Lipinski definition) is 3. The molecule has 1 atom stereocenters. The summed E-state index contributed by atoms with van der Waals surface area (Å²) in [5.41, 5.74) is -1.12. The molecule has 206 valence electrons. The van der Waals surface area contributed by atoms with Crippen LogP contribution in [-0.2, 0) is 26.0 Å². The zero-order chi connectivity index (χ0) is 29.0. The van der Waals surface area contributed by atoms with Crippen molar-refractivity contribution in [2.24, 2.45) is 0 Å². The van der Waals surface area contributed by atoms with Crippen LogP contribution in [-0.4, -0.2) is 12.6 Å². The summed E-state index contributed by atoms with van der Waals surface area (Å²) in [6.07, 6.45) is 1.000. The lowest BCUT2D eigenvalue weighted by Gasteiger charge is -2.27. The van der Waals surface area contributed by atoms with Crippen LogP contribution >= 0.6 is 0 Å². The third-order valence-corrected chi connectivity index (χ3v) is 8.51. The minimum atomic E-state index is -2.01. The Hall–Kier alpha value is -4.04. The highest BCUT2D eigenvalue weighted by molar-refractivity contribution is 7.97. The molecule has 0 radical (unpaired) electrons. The molecule has 1 unspecified atom stereocenters. The van der Waals surface area contributed by atoms with Crippen molar-refractivity contribution < 1.29 is 31.8 Å². The van der Waals surface area contributed by atoms with E-state index in [0.717, 1.165) is 31.9 Å². The second-order valence-corrected chi connectivity index (χ2v) is 11.3. The van der Waals surface area contributed by atoms with Gasteiger partial charge in [0.05, 0.1) is 10.9 Å². The summed E-state index contributed by atoms with van der Waals surface area (Å²) in [6, 6.07) is 24.7. The average molecular weight is 568 g/mol. The first kappa shape index (κ1) is 29.0. The van der Waals surface area contributed by atoms with E-state index in [1.807, 2.05) is 62.4 Å². The van der Waals surface area contributed by atoms with Crippen molar-refractivity contribution in [2.75, 3.05) is 6.61 Å². The van der Waals surface area contributed by atoms with Gasteiger partial charge in [-0.3, -0.25) is 0 Å². The maximum atomic E-state index is 14.4. The summed E-state index contributed by atoms with van der Waals surface area (Å²) in [4.78, 5) is 16.1. The van der Waals surface area contributed by atoms with Crippen LogP contribution in [0.5, 0.6) is 5.75 Å². The smallest absolute Gasteiger partial charge is 0.345 e. The lowest BCUT2D eigenvalue weighted by atomic mass is 9.94.